The lowest BCUT2D eigenvalue weighted by Crippen LogP contribution is -2.20. The van der Waals surface area contributed by atoms with Gasteiger partial charge >= 0.3 is 0 Å². The van der Waals surface area contributed by atoms with Gasteiger partial charge in [-0.05, 0) is 26.0 Å². The number of aromatic nitrogens is 3. The molecule has 0 amide bonds. The van der Waals surface area contributed by atoms with Crippen molar-refractivity contribution in [3.63, 3.8) is 0 Å². The molecule has 0 unspecified atom stereocenters. The molecule has 0 fully saturated rings. The van der Waals surface area contributed by atoms with Crippen LogP contribution in [0, 0.1) is 13.8 Å². The van der Waals surface area contributed by atoms with Gasteiger partial charge in [0.05, 0.1) is 24.0 Å². The Morgan fingerprint density at radius 1 is 1.30 bits per heavy atom. The Kier molecular flexibility index (Phi) is 3.39. The first kappa shape index (κ1) is 14.3. The summed E-state index contributed by atoms with van der Waals surface area (Å²) in [7, 11) is 0. The smallest absolute Gasteiger partial charge is 0.263 e. The van der Waals surface area contributed by atoms with Crippen LogP contribution in [0.4, 0.5) is 0 Å². The fourth-order valence-electron chi connectivity index (χ4n) is 2.50. The number of nitrogens with zero attached hydrogens (tertiary/aromatic N) is 3. The zero-order chi connectivity index (χ0) is 16.0. The summed E-state index contributed by atoms with van der Waals surface area (Å²) >= 11 is 3.18. The topological polar surface area (TPSA) is 60.9 Å². The standard InChI is InChI=1S/C16H13N3O2S2/c1-9-5-11(21-18-9)6-19-8-17-15-14(16(19)20)12(7-22-15)13-4-3-10(2)23-13/h3-5,7-8H,6H2,1-2H3. The zero-order valence-corrected chi connectivity index (χ0v) is 14.2. The Morgan fingerprint density at radius 2 is 2.17 bits per heavy atom. The van der Waals surface area contributed by atoms with Crippen LogP contribution in [-0.2, 0) is 6.54 Å². The van der Waals surface area contributed by atoms with Crippen molar-refractivity contribution in [2.45, 2.75) is 20.4 Å². The first-order valence-corrected chi connectivity index (χ1v) is 8.77. The van der Waals surface area contributed by atoms with Crippen LogP contribution in [-0.4, -0.2) is 14.7 Å². The number of hydrogen-bond acceptors (Lipinski definition) is 6. The number of rotatable bonds is 3. The van der Waals surface area contributed by atoms with E-state index >= 15 is 0 Å². The van der Waals surface area contributed by atoms with Gasteiger partial charge in [-0.25, -0.2) is 4.98 Å². The summed E-state index contributed by atoms with van der Waals surface area (Å²) in [5.74, 6) is 0.648. The van der Waals surface area contributed by atoms with E-state index in [4.69, 9.17) is 4.52 Å². The van der Waals surface area contributed by atoms with Crippen LogP contribution < -0.4 is 5.56 Å². The van der Waals surface area contributed by atoms with Crippen LogP contribution in [0.25, 0.3) is 20.7 Å². The van der Waals surface area contributed by atoms with Gasteiger partial charge in [0.1, 0.15) is 4.83 Å². The van der Waals surface area contributed by atoms with Crippen LogP contribution in [0.5, 0.6) is 0 Å². The third-order valence-corrected chi connectivity index (χ3v) is 5.49. The summed E-state index contributed by atoms with van der Waals surface area (Å²) in [6.45, 7) is 4.25. The van der Waals surface area contributed by atoms with E-state index in [9.17, 15) is 4.79 Å². The third-order valence-electron chi connectivity index (χ3n) is 3.57. The second-order valence-corrected chi connectivity index (χ2v) is 7.50. The van der Waals surface area contributed by atoms with Gasteiger partial charge in [0, 0.05) is 26.8 Å². The Hall–Kier alpha value is -2.25. The predicted molar refractivity (Wildman–Crippen MR) is 92.3 cm³/mol. The molecule has 7 heteroatoms. The van der Waals surface area contributed by atoms with Gasteiger partial charge in [-0.2, -0.15) is 0 Å². The largest absolute Gasteiger partial charge is 0.359 e. The summed E-state index contributed by atoms with van der Waals surface area (Å²) in [5.41, 5.74) is 1.71. The minimum absolute atomic E-state index is 0.0497. The highest BCUT2D eigenvalue weighted by Crippen LogP contribution is 2.34. The first-order chi connectivity index (χ1) is 11.1. The molecule has 4 rings (SSSR count). The number of thiophene rings is 2. The molecule has 4 aromatic heterocycles. The molecule has 0 atom stereocenters. The minimum Gasteiger partial charge on any atom is -0.359 e. The molecule has 4 aromatic rings. The molecule has 0 aliphatic carbocycles. The van der Waals surface area contributed by atoms with E-state index in [0.717, 1.165) is 21.0 Å². The summed E-state index contributed by atoms with van der Waals surface area (Å²) in [5, 5.41) is 6.54. The molecular weight excluding hydrogens is 330 g/mol. The Balaban J connectivity index is 1.85. The summed E-state index contributed by atoms with van der Waals surface area (Å²) in [6, 6.07) is 5.95. The lowest BCUT2D eigenvalue weighted by Gasteiger charge is -2.03. The molecule has 0 aromatic carbocycles. The first-order valence-electron chi connectivity index (χ1n) is 7.07. The van der Waals surface area contributed by atoms with Crippen molar-refractivity contribution in [1.29, 1.82) is 0 Å². The SMILES string of the molecule is Cc1cc(Cn2cnc3scc(-c4ccc(C)s4)c3c2=O)on1. The molecule has 0 spiro atoms. The van der Waals surface area contributed by atoms with Crippen molar-refractivity contribution in [3.8, 4) is 10.4 Å². The molecule has 0 N–H and O–H groups in total. The Labute approximate surface area is 139 Å². The summed E-state index contributed by atoms with van der Waals surface area (Å²) < 4.78 is 6.77. The van der Waals surface area contributed by atoms with Gasteiger partial charge in [0.15, 0.2) is 5.76 Å². The fraction of sp³-hybridized carbons (Fsp3) is 0.188. The van der Waals surface area contributed by atoms with Crippen molar-refractivity contribution < 1.29 is 4.52 Å². The molecule has 23 heavy (non-hydrogen) atoms. The van der Waals surface area contributed by atoms with E-state index in [1.807, 2.05) is 18.4 Å². The average molecular weight is 343 g/mol. The van der Waals surface area contributed by atoms with Crippen LogP contribution in [0.1, 0.15) is 16.3 Å². The average Bonchev–Trinajstić information content (AvgIpc) is 3.22. The minimum atomic E-state index is -0.0497. The lowest BCUT2D eigenvalue weighted by atomic mass is 10.2. The molecule has 116 valence electrons. The molecule has 0 saturated carbocycles. The van der Waals surface area contributed by atoms with E-state index in [-0.39, 0.29) is 5.56 Å². The molecule has 0 saturated heterocycles. The van der Waals surface area contributed by atoms with E-state index < -0.39 is 0 Å². The third kappa shape index (κ3) is 2.51. The molecule has 4 heterocycles. The van der Waals surface area contributed by atoms with Gasteiger partial charge in [-0.1, -0.05) is 5.16 Å². The monoisotopic (exact) mass is 343 g/mol. The molecule has 0 radical (unpaired) electrons. The van der Waals surface area contributed by atoms with Gasteiger partial charge in [-0.15, -0.1) is 22.7 Å². The molecule has 0 aliphatic heterocycles. The molecule has 0 bridgehead atoms. The fourth-order valence-corrected chi connectivity index (χ4v) is 4.36. The Bertz CT molecular complexity index is 1050. The molecule has 0 aliphatic rings. The van der Waals surface area contributed by atoms with Crippen molar-refractivity contribution in [1.82, 2.24) is 14.7 Å². The van der Waals surface area contributed by atoms with Gasteiger partial charge in [0.2, 0.25) is 0 Å². The van der Waals surface area contributed by atoms with Crippen molar-refractivity contribution in [2.24, 2.45) is 0 Å². The lowest BCUT2D eigenvalue weighted by molar-refractivity contribution is 0.371. The van der Waals surface area contributed by atoms with Crippen LogP contribution in [0.2, 0.25) is 0 Å². The maximum Gasteiger partial charge on any atom is 0.263 e. The van der Waals surface area contributed by atoms with Gasteiger partial charge < -0.3 is 4.52 Å². The van der Waals surface area contributed by atoms with E-state index in [1.54, 1.807) is 22.2 Å². The highest BCUT2D eigenvalue weighted by molar-refractivity contribution is 7.19. The maximum atomic E-state index is 12.9. The van der Waals surface area contributed by atoms with Crippen LogP contribution in [0.3, 0.4) is 0 Å². The summed E-state index contributed by atoms with van der Waals surface area (Å²) in [4.78, 5) is 20.4. The number of aryl methyl sites for hydroxylation is 2. The predicted octanol–water partition coefficient (Wildman–Crippen LogP) is 3.84. The maximum absolute atomic E-state index is 12.9. The zero-order valence-electron chi connectivity index (χ0n) is 12.6. The van der Waals surface area contributed by atoms with Crippen LogP contribution >= 0.6 is 22.7 Å². The van der Waals surface area contributed by atoms with E-state index in [1.165, 1.54) is 16.2 Å². The van der Waals surface area contributed by atoms with Crippen molar-refractivity contribution in [3.05, 3.63) is 56.6 Å². The summed E-state index contributed by atoms with van der Waals surface area (Å²) in [6.07, 6.45) is 1.57. The quantitative estimate of drug-likeness (QED) is 0.567. The van der Waals surface area contributed by atoms with E-state index in [2.05, 4.69) is 29.2 Å². The Morgan fingerprint density at radius 3 is 2.87 bits per heavy atom. The highest BCUT2D eigenvalue weighted by Gasteiger charge is 2.15. The number of fused-ring (bicyclic) bond motifs is 1. The normalized spacial score (nSPS) is 11.4. The second kappa shape index (κ2) is 5.43. The van der Waals surface area contributed by atoms with E-state index in [0.29, 0.717) is 17.7 Å². The highest BCUT2D eigenvalue weighted by atomic mass is 32.1. The molecular formula is C16H13N3O2S2. The van der Waals surface area contributed by atoms with Crippen molar-refractivity contribution >= 4 is 32.9 Å². The van der Waals surface area contributed by atoms with Crippen molar-refractivity contribution in [2.75, 3.05) is 0 Å². The molecule has 5 nitrogen and oxygen atoms in total. The second-order valence-electron chi connectivity index (χ2n) is 5.35. The van der Waals surface area contributed by atoms with Gasteiger partial charge in [0.25, 0.3) is 5.56 Å². The van der Waals surface area contributed by atoms with Gasteiger partial charge in [-0.3, -0.25) is 9.36 Å². The number of hydrogen-bond donors (Lipinski definition) is 0. The van der Waals surface area contributed by atoms with Crippen LogP contribution in [0.15, 0.2) is 39.2 Å².